The standard InChI is InChI=1S/C12H16N4O2/c1-3-10-14-11(16-15-10)12(17)13-8(2)7-9-5-4-6-18-9/h4-6,8H,3,7H2,1-2H3,(H,13,17)(H,14,15,16). The molecule has 0 aliphatic heterocycles. The number of hydrogen-bond acceptors (Lipinski definition) is 4. The quantitative estimate of drug-likeness (QED) is 0.835. The fourth-order valence-corrected chi connectivity index (χ4v) is 1.62. The number of H-pyrrole nitrogens is 1. The molecule has 0 bridgehead atoms. The van der Waals surface area contributed by atoms with Gasteiger partial charge >= 0.3 is 0 Å². The number of amides is 1. The Kier molecular flexibility index (Phi) is 3.76. The monoisotopic (exact) mass is 248 g/mol. The zero-order chi connectivity index (χ0) is 13.0. The maximum absolute atomic E-state index is 11.8. The molecule has 96 valence electrons. The molecule has 0 aliphatic carbocycles. The average molecular weight is 248 g/mol. The molecule has 18 heavy (non-hydrogen) atoms. The van der Waals surface area contributed by atoms with E-state index in [0.717, 1.165) is 12.2 Å². The van der Waals surface area contributed by atoms with E-state index in [4.69, 9.17) is 4.42 Å². The van der Waals surface area contributed by atoms with E-state index < -0.39 is 0 Å². The van der Waals surface area contributed by atoms with Crippen molar-refractivity contribution in [2.75, 3.05) is 0 Å². The number of aromatic amines is 1. The third kappa shape index (κ3) is 2.97. The van der Waals surface area contributed by atoms with Crippen molar-refractivity contribution in [2.24, 2.45) is 0 Å². The molecule has 1 unspecified atom stereocenters. The van der Waals surface area contributed by atoms with Gasteiger partial charge in [-0.3, -0.25) is 9.89 Å². The van der Waals surface area contributed by atoms with Crippen molar-refractivity contribution in [3.8, 4) is 0 Å². The lowest BCUT2D eigenvalue weighted by atomic mass is 10.2. The lowest BCUT2D eigenvalue weighted by Gasteiger charge is -2.10. The van der Waals surface area contributed by atoms with Crippen LogP contribution in [-0.2, 0) is 12.8 Å². The van der Waals surface area contributed by atoms with Crippen LogP contribution in [0.15, 0.2) is 22.8 Å². The van der Waals surface area contributed by atoms with Crippen LogP contribution in [0.3, 0.4) is 0 Å². The first-order valence-electron chi connectivity index (χ1n) is 5.93. The van der Waals surface area contributed by atoms with Crippen LogP contribution in [0, 0.1) is 0 Å². The molecule has 2 N–H and O–H groups in total. The molecule has 6 heteroatoms. The average Bonchev–Trinajstić information content (AvgIpc) is 2.98. The second-order valence-corrected chi connectivity index (χ2v) is 4.12. The van der Waals surface area contributed by atoms with Crippen LogP contribution in [0.2, 0.25) is 0 Å². The van der Waals surface area contributed by atoms with Crippen LogP contribution in [0.1, 0.15) is 36.1 Å². The predicted octanol–water partition coefficient (Wildman–Crippen LogP) is 1.32. The summed E-state index contributed by atoms with van der Waals surface area (Å²) in [5.74, 6) is 1.45. The SMILES string of the molecule is CCc1nc(C(=O)NC(C)Cc2ccco2)n[nH]1. The fourth-order valence-electron chi connectivity index (χ4n) is 1.62. The van der Waals surface area contributed by atoms with Gasteiger partial charge in [0, 0.05) is 18.9 Å². The van der Waals surface area contributed by atoms with Gasteiger partial charge in [-0.25, -0.2) is 4.98 Å². The van der Waals surface area contributed by atoms with Gasteiger partial charge in [0.05, 0.1) is 6.26 Å². The van der Waals surface area contributed by atoms with Gasteiger partial charge in [-0.15, -0.1) is 5.10 Å². The van der Waals surface area contributed by atoms with E-state index in [0.29, 0.717) is 12.2 Å². The van der Waals surface area contributed by atoms with E-state index in [-0.39, 0.29) is 17.8 Å². The maximum Gasteiger partial charge on any atom is 0.291 e. The second-order valence-electron chi connectivity index (χ2n) is 4.12. The lowest BCUT2D eigenvalue weighted by molar-refractivity contribution is 0.0929. The largest absolute Gasteiger partial charge is 0.469 e. The summed E-state index contributed by atoms with van der Waals surface area (Å²) in [7, 11) is 0. The molecule has 2 heterocycles. The molecular formula is C12H16N4O2. The summed E-state index contributed by atoms with van der Waals surface area (Å²) in [5.41, 5.74) is 0. The minimum absolute atomic E-state index is 0.0350. The normalized spacial score (nSPS) is 12.3. The van der Waals surface area contributed by atoms with Crippen molar-refractivity contribution in [3.63, 3.8) is 0 Å². The molecule has 2 aromatic heterocycles. The van der Waals surface area contributed by atoms with Gasteiger partial charge in [0.25, 0.3) is 5.91 Å². The number of carbonyl (C=O) groups excluding carboxylic acids is 1. The summed E-state index contributed by atoms with van der Waals surface area (Å²) in [6.45, 7) is 3.86. The lowest BCUT2D eigenvalue weighted by Crippen LogP contribution is -2.34. The van der Waals surface area contributed by atoms with Crippen molar-refractivity contribution in [1.29, 1.82) is 0 Å². The number of carbonyl (C=O) groups is 1. The van der Waals surface area contributed by atoms with Gasteiger partial charge in [0.1, 0.15) is 11.6 Å². The molecule has 0 saturated heterocycles. The topological polar surface area (TPSA) is 83.8 Å². The highest BCUT2D eigenvalue weighted by Gasteiger charge is 2.15. The van der Waals surface area contributed by atoms with Crippen molar-refractivity contribution < 1.29 is 9.21 Å². The van der Waals surface area contributed by atoms with E-state index in [1.165, 1.54) is 0 Å². The smallest absolute Gasteiger partial charge is 0.291 e. The Hall–Kier alpha value is -2.11. The van der Waals surface area contributed by atoms with Crippen molar-refractivity contribution in [1.82, 2.24) is 20.5 Å². The highest BCUT2D eigenvalue weighted by molar-refractivity contribution is 5.90. The number of furan rings is 1. The molecule has 1 atom stereocenters. The fraction of sp³-hybridized carbons (Fsp3) is 0.417. The molecule has 1 amide bonds. The summed E-state index contributed by atoms with van der Waals surface area (Å²) >= 11 is 0. The second kappa shape index (κ2) is 5.48. The van der Waals surface area contributed by atoms with Crippen LogP contribution in [0.5, 0.6) is 0 Å². The third-order valence-corrected chi connectivity index (χ3v) is 2.53. The Balaban J connectivity index is 1.90. The Morgan fingerprint density at radius 2 is 2.44 bits per heavy atom. The number of nitrogens with one attached hydrogen (secondary N) is 2. The first-order valence-corrected chi connectivity index (χ1v) is 5.93. The molecular weight excluding hydrogens is 232 g/mol. The minimum Gasteiger partial charge on any atom is -0.469 e. The van der Waals surface area contributed by atoms with Crippen LogP contribution in [-0.4, -0.2) is 27.1 Å². The Morgan fingerprint density at radius 1 is 1.61 bits per heavy atom. The highest BCUT2D eigenvalue weighted by atomic mass is 16.3. The van der Waals surface area contributed by atoms with Gasteiger partial charge < -0.3 is 9.73 Å². The molecule has 0 fully saturated rings. The molecule has 0 radical (unpaired) electrons. The van der Waals surface area contributed by atoms with E-state index in [2.05, 4.69) is 20.5 Å². The highest BCUT2D eigenvalue weighted by Crippen LogP contribution is 2.04. The molecule has 0 spiro atoms. The van der Waals surface area contributed by atoms with Crippen molar-refractivity contribution in [3.05, 3.63) is 35.8 Å². The third-order valence-electron chi connectivity index (χ3n) is 2.53. The number of aryl methyl sites for hydroxylation is 1. The van der Waals surface area contributed by atoms with Crippen LogP contribution >= 0.6 is 0 Å². The predicted molar refractivity (Wildman–Crippen MR) is 65.1 cm³/mol. The Bertz CT molecular complexity index is 504. The van der Waals surface area contributed by atoms with Crippen molar-refractivity contribution >= 4 is 5.91 Å². The molecule has 6 nitrogen and oxygen atoms in total. The first-order chi connectivity index (χ1) is 8.69. The zero-order valence-electron chi connectivity index (χ0n) is 10.4. The number of hydrogen-bond donors (Lipinski definition) is 2. The van der Waals surface area contributed by atoms with Gasteiger partial charge in [-0.1, -0.05) is 6.92 Å². The number of nitrogens with zero attached hydrogens (tertiary/aromatic N) is 2. The van der Waals surface area contributed by atoms with Gasteiger partial charge in [0.15, 0.2) is 0 Å². The van der Waals surface area contributed by atoms with Crippen LogP contribution in [0.25, 0.3) is 0 Å². The summed E-state index contributed by atoms with van der Waals surface area (Å²) in [4.78, 5) is 15.9. The Morgan fingerprint density at radius 3 is 3.06 bits per heavy atom. The minimum atomic E-state index is -0.273. The first kappa shape index (κ1) is 12.3. The van der Waals surface area contributed by atoms with Gasteiger partial charge in [-0.2, -0.15) is 0 Å². The molecule has 0 aliphatic rings. The van der Waals surface area contributed by atoms with E-state index in [1.54, 1.807) is 6.26 Å². The van der Waals surface area contributed by atoms with E-state index in [9.17, 15) is 4.79 Å². The van der Waals surface area contributed by atoms with Crippen molar-refractivity contribution in [2.45, 2.75) is 32.7 Å². The maximum atomic E-state index is 11.8. The van der Waals surface area contributed by atoms with Gasteiger partial charge in [0.2, 0.25) is 5.82 Å². The summed E-state index contributed by atoms with van der Waals surface area (Å²) in [5, 5.41) is 9.41. The zero-order valence-corrected chi connectivity index (χ0v) is 10.4. The summed E-state index contributed by atoms with van der Waals surface area (Å²) in [6.07, 6.45) is 2.98. The number of rotatable bonds is 5. The molecule has 2 aromatic rings. The van der Waals surface area contributed by atoms with E-state index in [1.807, 2.05) is 26.0 Å². The van der Waals surface area contributed by atoms with E-state index >= 15 is 0 Å². The number of aromatic nitrogens is 3. The van der Waals surface area contributed by atoms with Crippen LogP contribution < -0.4 is 5.32 Å². The van der Waals surface area contributed by atoms with Crippen LogP contribution in [0.4, 0.5) is 0 Å². The molecule has 0 aromatic carbocycles. The van der Waals surface area contributed by atoms with Gasteiger partial charge in [-0.05, 0) is 19.1 Å². The summed E-state index contributed by atoms with van der Waals surface area (Å²) in [6, 6.07) is 3.67. The molecule has 0 saturated carbocycles. The summed E-state index contributed by atoms with van der Waals surface area (Å²) < 4.78 is 5.22. The molecule has 2 rings (SSSR count). The Labute approximate surface area is 105 Å².